The molecule has 0 aliphatic heterocycles. The Morgan fingerprint density at radius 2 is 1.61 bits per heavy atom. The highest BCUT2D eigenvalue weighted by Crippen LogP contribution is 2.23. The summed E-state index contributed by atoms with van der Waals surface area (Å²) in [5, 5.41) is 24.3. The number of phenols is 1. The van der Waals surface area contributed by atoms with E-state index in [1.807, 2.05) is 6.07 Å². The SMILES string of the molecule is CC(C)(Cc1ccc(F)cc1)NC(=O)[C@H](CCC(=O)O)NC(=O)c1ccc(-c2cccc(O)c2)cc1. The number of hydrogen-bond donors (Lipinski definition) is 4. The number of rotatable bonds is 10. The largest absolute Gasteiger partial charge is 0.508 e. The molecule has 0 aromatic heterocycles. The molecule has 36 heavy (non-hydrogen) atoms. The minimum Gasteiger partial charge on any atom is -0.508 e. The van der Waals surface area contributed by atoms with E-state index in [0.717, 1.165) is 16.7 Å². The molecule has 0 radical (unpaired) electrons. The average molecular weight is 493 g/mol. The van der Waals surface area contributed by atoms with Gasteiger partial charge in [-0.3, -0.25) is 14.4 Å². The van der Waals surface area contributed by atoms with E-state index in [-0.39, 0.29) is 24.4 Å². The van der Waals surface area contributed by atoms with Gasteiger partial charge in [-0.2, -0.15) is 0 Å². The van der Waals surface area contributed by atoms with Crippen LogP contribution in [0.1, 0.15) is 42.6 Å². The molecule has 1 atom stereocenters. The van der Waals surface area contributed by atoms with Crippen molar-refractivity contribution in [3.8, 4) is 16.9 Å². The zero-order chi connectivity index (χ0) is 26.3. The summed E-state index contributed by atoms with van der Waals surface area (Å²) in [5.74, 6) is -2.33. The van der Waals surface area contributed by atoms with Gasteiger partial charge in [-0.25, -0.2) is 4.39 Å². The summed E-state index contributed by atoms with van der Waals surface area (Å²) >= 11 is 0. The fourth-order valence-electron chi connectivity index (χ4n) is 3.86. The van der Waals surface area contributed by atoms with Gasteiger partial charge in [-0.05, 0) is 79.8 Å². The van der Waals surface area contributed by atoms with Crippen LogP contribution in [-0.4, -0.2) is 39.6 Å². The third-order valence-electron chi connectivity index (χ3n) is 5.62. The van der Waals surface area contributed by atoms with E-state index in [0.29, 0.717) is 12.0 Å². The predicted octanol–water partition coefficient (Wildman–Crippen LogP) is 4.30. The highest BCUT2D eigenvalue weighted by atomic mass is 19.1. The van der Waals surface area contributed by atoms with Crippen molar-refractivity contribution in [2.24, 2.45) is 0 Å². The van der Waals surface area contributed by atoms with E-state index in [1.54, 1.807) is 68.4 Å². The van der Waals surface area contributed by atoms with Crippen molar-refractivity contribution < 1.29 is 29.0 Å². The number of carbonyl (C=O) groups is 3. The van der Waals surface area contributed by atoms with E-state index >= 15 is 0 Å². The number of carboxylic acids is 1. The first-order chi connectivity index (χ1) is 17.0. The Morgan fingerprint density at radius 1 is 0.944 bits per heavy atom. The van der Waals surface area contributed by atoms with Gasteiger partial charge in [0.2, 0.25) is 5.91 Å². The van der Waals surface area contributed by atoms with E-state index < -0.39 is 29.4 Å². The molecule has 3 aromatic carbocycles. The Balaban J connectivity index is 1.70. The first kappa shape index (κ1) is 26.4. The van der Waals surface area contributed by atoms with Crippen LogP contribution in [0.2, 0.25) is 0 Å². The normalized spacial score (nSPS) is 12.0. The topological polar surface area (TPSA) is 116 Å². The number of phenolic OH excluding ortho intramolecular Hbond substituents is 1. The highest BCUT2D eigenvalue weighted by Gasteiger charge is 2.28. The fraction of sp³-hybridized carbons (Fsp3) is 0.250. The number of aromatic hydroxyl groups is 1. The van der Waals surface area contributed by atoms with E-state index in [1.165, 1.54) is 12.1 Å². The van der Waals surface area contributed by atoms with Crippen LogP contribution in [-0.2, 0) is 16.0 Å². The monoisotopic (exact) mass is 492 g/mol. The Labute approximate surface area is 209 Å². The van der Waals surface area contributed by atoms with Crippen molar-refractivity contribution in [2.75, 3.05) is 0 Å². The molecular formula is C28H29FN2O5. The molecule has 2 amide bonds. The lowest BCUT2D eigenvalue weighted by Gasteiger charge is -2.29. The third-order valence-corrected chi connectivity index (χ3v) is 5.62. The molecule has 0 saturated carbocycles. The summed E-state index contributed by atoms with van der Waals surface area (Å²) in [7, 11) is 0. The number of hydrogen-bond acceptors (Lipinski definition) is 4. The van der Waals surface area contributed by atoms with Gasteiger partial charge < -0.3 is 20.8 Å². The molecule has 0 bridgehead atoms. The maximum atomic E-state index is 13.2. The van der Waals surface area contributed by atoms with Gasteiger partial charge in [-0.1, -0.05) is 36.4 Å². The Morgan fingerprint density at radius 3 is 2.22 bits per heavy atom. The quantitative estimate of drug-likeness (QED) is 0.337. The summed E-state index contributed by atoms with van der Waals surface area (Å²) in [6, 6.07) is 18.2. The van der Waals surface area contributed by atoms with Crippen molar-refractivity contribution in [1.29, 1.82) is 0 Å². The van der Waals surface area contributed by atoms with Crippen LogP contribution >= 0.6 is 0 Å². The Kier molecular flexibility index (Phi) is 8.42. The fourth-order valence-corrected chi connectivity index (χ4v) is 3.86. The smallest absolute Gasteiger partial charge is 0.303 e. The van der Waals surface area contributed by atoms with Gasteiger partial charge in [0.15, 0.2) is 0 Å². The number of halogens is 1. The molecule has 0 aliphatic carbocycles. The lowest BCUT2D eigenvalue weighted by Crippen LogP contribution is -2.54. The minimum absolute atomic E-state index is 0.0824. The second-order valence-electron chi connectivity index (χ2n) is 9.26. The highest BCUT2D eigenvalue weighted by molar-refractivity contribution is 5.98. The molecule has 4 N–H and O–H groups in total. The minimum atomic E-state index is -1.08. The molecule has 3 rings (SSSR count). The predicted molar refractivity (Wildman–Crippen MR) is 134 cm³/mol. The maximum Gasteiger partial charge on any atom is 0.303 e. The van der Waals surface area contributed by atoms with Gasteiger partial charge in [0, 0.05) is 17.5 Å². The second kappa shape index (κ2) is 11.5. The van der Waals surface area contributed by atoms with E-state index in [4.69, 9.17) is 5.11 Å². The number of aliphatic carboxylic acids is 1. The average Bonchev–Trinajstić information content (AvgIpc) is 2.82. The van der Waals surface area contributed by atoms with Crippen LogP contribution in [0.15, 0.2) is 72.8 Å². The number of benzene rings is 3. The van der Waals surface area contributed by atoms with Crippen molar-refractivity contribution in [1.82, 2.24) is 10.6 Å². The van der Waals surface area contributed by atoms with Crippen molar-refractivity contribution in [3.63, 3.8) is 0 Å². The number of carboxylic acid groups (broad SMARTS) is 1. The zero-order valence-electron chi connectivity index (χ0n) is 20.1. The molecule has 0 unspecified atom stereocenters. The van der Waals surface area contributed by atoms with Crippen molar-refractivity contribution in [3.05, 3.63) is 89.7 Å². The molecule has 8 heteroatoms. The summed E-state index contributed by atoms with van der Waals surface area (Å²) in [4.78, 5) is 37.1. The molecule has 3 aromatic rings. The van der Waals surface area contributed by atoms with Gasteiger partial charge in [-0.15, -0.1) is 0 Å². The van der Waals surface area contributed by atoms with Gasteiger partial charge in [0.05, 0.1) is 0 Å². The van der Waals surface area contributed by atoms with Crippen LogP contribution in [0.3, 0.4) is 0 Å². The van der Waals surface area contributed by atoms with Gasteiger partial charge in [0.25, 0.3) is 5.91 Å². The summed E-state index contributed by atoms with van der Waals surface area (Å²) in [5.41, 5.74) is 1.97. The Bertz CT molecular complexity index is 1220. The molecule has 0 spiro atoms. The first-order valence-corrected chi connectivity index (χ1v) is 11.5. The van der Waals surface area contributed by atoms with Crippen LogP contribution in [0.4, 0.5) is 4.39 Å². The summed E-state index contributed by atoms with van der Waals surface area (Å²) in [6.07, 6.45) is 0.0310. The van der Waals surface area contributed by atoms with Crippen molar-refractivity contribution >= 4 is 17.8 Å². The zero-order valence-corrected chi connectivity index (χ0v) is 20.1. The standard InChI is InChI=1S/C28H29FN2O5/c1-28(2,17-18-6-12-22(29)13-7-18)31-27(36)24(14-15-25(33)34)30-26(35)20-10-8-19(9-11-20)21-4-3-5-23(32)16-21/h3-13,16,24,32H,14-15,17H2,1-2H3,(H,30,35)(H,31,36)(H,33,34)/t24-/m0/s1. The van der Waals surface area contributed by atoms with Gasteiger partial charge in [0.1, 0.15) is 17.6 Å². The first-order valence-electron chi connectivity index (χ1n) is 11.5. The van der Waals surface area contributed by atoms with Crippen LogP contribution in [0.25, 0.3) is 11.1 Å². The number of carbonyl (C=O) groups excluding carboxylic acids is 2. The molecule has 0 saturated heterocycles. The van der Waals surface area contributed by atoms with E-state index in [9.17, 15) is 23.9 Å². The summed E-state index contributed by atoms with van der Waals surface area (Å²) < 4.78 is 13.2. The van der Waals surface area contributed by atoms with Gasteiger partial charge >= 0.3 is 5.97 Å². The van der Waals surface area contributed by atoms with Crippen LogP contribution in [0.5, 0.6) is 5.75 Å². The lowest BCUT2D eigenvalue weighted by molar-refractivity contribution is -0.137. The van der Waals surface area contributed by atoms with Crippen LogP contribution < -0.4 is 10.6 Å². The molecular weight excluding hydrogens is 463 g/mol. The summed E-state index contributed by atoms with van der Waals surface area (Å²) in [6.45, 7) is 3.59. The molecule has 188 valence electrons. The molecule has 7 nitrogen and oxygen atoms in total. The maximum absolute atomic E-state index is 13.2. The molecule has 0 aliphatic rings. The third kappa shape index (κ3) is 7.66. The molecule has 0 heterocycles. The lowest BCUT2D eigenvalue weighted by atomic mass is 9.94. The van der Waals surface area contributed by atoms with Crippen LogP contribution in [0, 0.1) is 5.82 Å². The Hall–Kier alpha value is -4.20. The molecule has 0 fully saturated rings. The van der Waals surface area contributed by atoms with E-state index in [2.05, 4.69) is 10.6 Å². The van der Waals surface area contributed by atoms with Crippen molar-refractivity contribution in [2.45, 2.75) is 44.7 Å². The number of nitrogens with one attached hydrogen (secondary N) is 2. The second-order valence-corrected chi connectivity index (χ2v) is 9.26. The number of amides is 2.